The molecule has 3 heterocycles. The molecule has 4 aromatic rings. The number of imidazole rings is 1. The zero-order valence-electron chi connectivity index (χ0n) is 15.5. The van der Waals surface area contributed by atoms with Crippen molar-refractivity contribution in [1.82, 2.24) is 24.7 Å². The fourth-order valence-electron chi connectivity index (χ4n) is 3.49. The zero-order chi connectivity index (χ0) is 20.1. The summed E-state index contributed by atoms with van der Waals surface area (Å²) < 4.78 is 29.2. The number of pyridine rings is 1. The van der Waals surface area contributed by atoms with Gasteiger partial charge in [-0.05, 0) is 37.5 Å². The number of rotatable bonds is 5. The van der Waals surface area contributed by atoms with Crippen LogP contribution in [0.3, 0.4) is 0 Å². The van der Waals surface area contributed by atoms with Gasteiger partial charge in [-0.1, -0.05) is 12.1 Å². The molecule has 148 valence electrons. The van der Waals surface area contributed by atoms with Crippen LogP contribution in [0.25, 0.3) is 11.2 Å². The average molecular weight is 396 g/mol. The number of aromatic amines is 2. The first-order valence-electron chi connectivity index (χ1n) is 9.38. The Hall–Kier alpha value is -3.49. The van der Waals surface area contributed by atoms with Gasteiger partial charge in [0.15, 0.2) is 23.1 Å². The van der Waals surface area contributed by atoms with E-state index in [0.29, 0.717) is 17.4 Å². The Bertz CT molecular complexity index is 1250. The first kappa shape index (κ1) is 17.6. The van der Waals surface area contributed by atoms with Crippen molar-refractivity contribution < 1.29 is 8.78 Å². The summed E-state index contributed by atoms with van der Waals surface area (Å²) in [5.41, 5.74) is 1.91. The van der Waals surface area contributed by atoms with Gasteiger partial charge in [0.25, 0.3) is 0 Å². The first-order chi connectivity index (χ1) is 14.0. The molecular formula is C20H18F2N6O. The van der Waals surface area contributed by atoms with E-state index in [1.807, 2.05) is 6.07 Å². The quantitative estimate of drug-likeness (QED) is 0.476. The topological polar surface area (TPSA) is 91.4 Å². The first-order valence-corrected chi connectivity index (χ1v) is 9.38. The fourth-order valence-corrected chi connectivity index (χ4v) is 3.49. The molecule has 0 bridgehead atoms. The predicted octanol–water partition coefficient (Wildman–Crippen LogP) is 3.96. The van der Waals surface area contributed by atoms with E-state index in [2.05, 4.69) is 25.5 Å². The molecule has 29 heavy (non-hydrogen) atoms. The van der Waals surface area contributed by atoms with Crippen molar-refractivity contribution >= 4 is 22.8 Å². The molecule has 0 aliphatic heterocycles. The van der Waals surface area contributed by atoms with E-state index in [9.17, 15) is 13.6 Å². The van der Waals surface area contributed by atoms with Crippen molar-refractivity contribution in [3.63, 3.8) is 0 Å². The minimum atomic E-state index is -0.601. The number of nitrogens with zero attached hydrogens (tertiary/aromatic N) is 3. The highest BCUT2D eigenvalue weighted by Crippen LogP contribution is 2.39. The van der Waals surface area contributed by atoms with Crippen molar-refractivity contribution in [3.05, 3.63) is 69.8 Å². The second-order valence-electron chi connectivity index (χ2n) is 7.33. The Morgan fingerprint density at radius 3 is 2.69 bits per heavy atom. The maximum absolute atomic E-state index is 14.6. The summed E-state index contributed by atoms with van der Waals surface area (Å²) in [5, 5.41) is 9.99. The van der Waals surface area contributed by atoms with Gasteiger partial charge in [0, 0.05) is 23.7 Å². The Morgan fingerprint density at radius 1 is 1.21 bits per heavy atom. The lowest BCUT2D eigenvalue weighted by atomic mass is 10.1. The summed E-state index contributed by atoms with van der Waals surface area (Å²) in [6.07, 6.45) is 2.24. The maximum Gasteiger partial charge on any atom is 0.328 e. The highest BCUT2D eigenvalue weighted by molar-refractivity contribution is 5.74. The van der Waals surface area contributed by atoms with Crippen molar-refractivity contribution in [3.8, 4) is 0 Å². The molecule has 0 saturated heterocycles. The Morgan fingerprint density at radius 2 is 1.97 bits per heavy atom. The van der Waals surface area contributed by atoms with Gasteiger partial charge in [-0.25, -0.2) is 18.6 Å². The lowest BCUT2D eigenvalue weighted by Crippen LogP contribution is -2.21. The molecule has 9 heteroatoms. The van der Waals surface area contributed by atoms with Gasteiger partial charge in [-0.3, -0.25) is 9.67 Å². The molecule has 1 saturated carbocycles. The zero-order valence-corrected chi connectivity index (χ0v) is 15.5. The van der Waals surface area contributed by atoms with Crippen molar-refractivity contribution in [2.75, 3.05) is 5.32 Å². The molecule has 1 aliphatic rings. The number of H-pyrrole nitrogens is 2. The number of hydrogen-bond acceptors (Lipinski definition) is 4. The molecule has 1 atom stereocenters. The van der Waals surface area contributed by atoms with Crippen molar-refractivity contribution in [2.45, 2.75) is 31.7 Å². The van der Waals surface area contributed by atoms with E-state index >= 15 is 0 Å². The molecule has 1 aliphatic carbocycles. The lowest BCUT2D eigenvalue weighted by molar-refractivity contribution is 0.610. The molecular weight excluding hydrogens is 378 g/mol. The molecule has 3 aromatic heterocycles. The van der Waals surface area contributed by atoms with Gasteiger partial charge >= 0.3 is 5.69 Å². The van der Waals surface area contributed by atoms with Crippen LogP contribution in [-0.4, -0.2) is 24.7 Å². The SMILES string of the molecule is C[C@@H](c1ccc(F)cc1)n1c(=O)[nH]c2cc(F)c(Nc3cc(C4CC4)[nH]n3)nc21. The Balaban J connectivity index is 1.54. The van der Waals surface area contributed by atoms with Crippen LogP contribution in [0.1, 0.15) is 43.0 Å². The van der Waals surface area contributed by atoms with Crippen LogP contribution in [0.4, 0.5) is 20.4 Å². The molecule has 0 radical (unpaired) electrons. The van der Waals surface area contributed by atoms with Crippen LogP contribution in [0, 0.1) is 11.6 Å². The van der Waals surface area contributed by atoms with Gasteiger partial charge in [0.05, 0.1) is 11.6 Å². The van der Waals surface area contributed by atoms with E-state index in [1.54, 1.807) is 19.1 Å². The van der Waals surface area contributed by atoms with Crippen LogP contribution >= 0.6 is 0 Å². The highest BCUT2D eigenvalue weighted by Gasteiger charge is 2.26. The molecule has 0 amide bonds. The van der Waals surface area contributed by atoms with Crippen LogP contribution in [0.2, 0.25) is 0 Å². The van der Waals surface area contributed by atoms with E-state index in [4.69, 9.17) is 0 Å². The minimum absolute atomic E-state index is 0.0228. The second-order valence-corrected chi connectivity index (χ2v) is 7.33. The Kier molecular flexibility index (Phi) is 3.97. The number of fused-ring (bicyclic) bond motifs is 1. The third-order valence-electron chi connectivity index (χ3n) is 5.25. The summed E-state index contributed by atoms with van der Waals surface area (Å²) in [7, 11) is 0. The molecule has 5 rings (SSSR count). The molecule has 3 N–H and O–H groups in total. The van der Waals surface area contributed by atoms with Gasteiger partial charge < -0.3 is 10.3 Å². The van der Waals surface area contributed by atoms with E-state index in [1.165, 1.54) is 22.8 Å². The standard InChI is InChI=1S/C20H18F2N6O/c1-10(11-4-6-13(21)7-5-11)28-19-16(23-20(28)29)8-14(22)18(25-19)24-17-9-15(26-27-17)12-2-3-12/h4-10,12H,2-3H2,1H3,(H,23,29)(H2,24,25,26,27)/t10-/m0/s1. The summed E-state index contributed by atoms with van der Waals surface area (Å²) >= 11 is 0. The highest BCUT2D eigenvalue weighted by atomic mass is 19.1. The summed E-state index contributed by atoms with van der Waals surface area (Å²) in [4.78, 5) is 19.5. The van der Waals surface area contributed by atoms with Crippen molar-refractivity contribution in [2.24, 2.45) is 0 Å². The monoisotopic (exact) mass is 396 g/mol. The molecule has 7 nitrogen and oxygen atoms in total. The number of nitrogens with one attached hydrogen (secondary N) is 3. The third kappa shape index (κ3) is 3.18. The summed E-state index contributed by atoms with van der Waals surface area (Å²) in [5.74, 6) is -0.0244. The second kappa shape index (κ2) is 6.54. The van der Waals surface area contributed by atoms with Crippen LogP contribution in [0.5, 0.6) is 0 Å². The smallest absolute Gasteiger partial charge is 0.321 e. The molecule has 1 aromatic carbocycles. The van der Waals surface area contributed by atoms with Gasteiger partial charge in [0.2, 0.25) is 0 Å². The van der Waals surface area contributed by atoms with Gasteiger partial charge in [-0.15, -0.1) is 0 Å². The fraction of sp³-hybridized carbons (Fsp3) is 0.250. The molecule has 1 fully saturated rings. The van der Waals surface area contributed by atoms with Crippen LogP contribution < -0.4 is 11.0 Å². The number of benzene rings is 1. The van der Waals surface area contributed by atoms with Crippen molar-refractivity contribution in [1.29, 1.82) is 0 Å². The predicted molar refractivity (Wildman–Crippen MR) is 104 cm³/mol. The largest absolute Gasteiger partial charge is 0.328 e. The van der Waals surface area contributed by atoms with Crippen LogP contribution in [-0.2, 0) is 0 Å². The van der Waals surface area contributed by atoms with E-state index < -0.39 is 17.5 Å². The molecule has 0 spiro atoms. The maximum atomic E-state index is 14.6. The Labute approximate surface area is 163 Å². The number of halogens is 2. The van der Waals surface area contributed by atoms with E-state index in [0.717, 1.165) is 24.1 Å². The van der Waals surface area contributed by atoms with Gasteiger partial charge in [-0.2, -0.15) is 5.10 Å². The van der Waals surface area contributed by atoms with Crippen LogP contribution in [0.15, 0.2) is 41.2 Å². The molecule has 0 unspecified atom stereocenters. The number of aromatic nitrogens is 5. The lowest BCUT2D eigenvalue weighted by Gasteiger charge is -2.14. The summed E-state index contributed by atoms with van der Waals surface area (Å²) in [6.45, 7) is 1.80. The number of hydrogen-bond donors (Lipinski definition) is 3. The summed E-state index contributed by atoms with van der Waals surface area (Å²) in [6, 6.07) is 8.54. The van der Waals surface area contributed by atoms with Gasteiger partial charge in [0.1, 0.15) is 5.82 Å². The number of anilines is 2. The third-order valence-corrected chi connectivity index (χ3v) is 5.25. The average Bonchev–Trinajstić information content (AvgIpc) is 3.36. The normalized spacial score (nSPS) is 15.0. The minimum Gasteiger partial charge on any atom is -0.321 e. The van der Waals surface area contributed by atoms with E-state index in [-0.39, 0.29) is 17.2 Å².